The van der Waals surface area contributed by atoms with Crippen molar-refractivity contribution in [2.45, 2.75) is 32.4 Å². The summed E-state index contributed by atoms with van der Waals surface area (Å²) >= 11 is 0. The molecule has 1 aromatic heterocycles. The van der Waals surface area contributed by atoms with Crippen molar-refractivity contribution in [3.63, 3.8) is 0 Å². The van der Waals surface area contributed by atoms with Crippen LogP contribution >= 0.6 is 0 Å². The van der Waals surface area contributed by atoms with Crippen molar-refractivity contribution < 1.29 is 9.21 Å². The minimum absolute atomic E-state index is 0.0696. The van der Waals surface area contributed by atoms with Crippen LogP contribution in [0.1, 0.15) is 51.4 Å². The van der Waals surface area contributed by atoms with Crippen LogP contribution in [0.5, 0.6) is 0 Å². The Morgan fingerprint density at radius 3 is 2.45 bits per heavy atom. The van der Waals surface area contributed by atoms with Crippen LogP contribution in [-0.4, -0.2) is 36.3 Å². The van der Waals surface area contributed by atoms with Gasteiger partial charge in [-0.25, -0.2) is 0 Å². The molecule has 0 spiro atoms. The van der Waals surface area contributed by atoms with Gasteiger partial charge in [0.15, 0.2) is 0 Å². The second kappa shape index (κ2) is 8.26. The lowest BCUT2D eigenvalue weighted by Gasteiger charge is -2.26. The third-order valence-electron chi connectivity index (χ3n) is 5.65. The lowest BCUT2D eigenvalue weighted by molar-refractivity contribution is 0.0718. The molecular formula is C25H28N2O2. The third kappa shape index (κ3) is 4.28. The number of carbonyl (C=O) groups is 1. The van der Waals surface area contributed by atoms with Crippen molar-refractivity contribution in [1.82, 2.24) is 9.80 Å². The highest BCUT2D eigenvalue weighted by atomic mass is 16.3. The normalized spacial score (nSPS) is 14.7. The Kier molecular flexibility index (Phi) is 5.54. The number of furan rings is 1. The van der Waals surface area contributed by atoms with E-state index >= 15 is 0 Å². The van der Waals surface area contributed by atoms with Gasteiger partial charge in [0, 0.05) is 18.0 Å². The second-order valence-electron chi connectivity index (χ2n) is 8.13. The predicted octanol–water partition coefficient (Wildman–Crippen LogP) is 4.69. The smallest absolute Gasteiger partial charge is 0.254 e. The summed E-state index contributed by atoms with van der Waals surface area (Å²) in [5.74, 6) is 2.26. The zero-order chi connectivity index (χ0) is 20.4. The summed E-state index contributed by atoms with van der Waals surface area (Å²) in [6.45, 7) is 4.25. The molecule has 1 atom stereocenters. The quantitative estimate of drug-likeness (QED) is 0.636. The molecule has 1 amide bonds. The van der Waals surface area contributed by atoms with E-state index in [1.807, 2.05) is 37.2 Å². The Labute approximate surface area is 172 Å². The average molecular weight is 389 g/mol. The maximum absolute atomic E-state index is 13.0. The molecule has 4 heteroatoms. The maximum atomic E-state index is 13.0. The summed E-state index contributed by atoms with van der Waals surface area (Å²) in [5, 5.41) is 0. The van der Waals surface area contributed by atoms with Crippen LogP contribution in [-0.2, 0) is 19.5 Å². The van der Waals surface area contributed by atoms with Crippen LogP contribution in [0.2, 0.25) is 0 Å². The molecule has 0 saturated heterocycles. The van der Waals surface area contributed by atoms with E-state index < -0.39 is 0 Å². The van der Waals surface area contributed by atoms with Gasteiger partial charge in [-0.15, -0.1) is 0 Å². The van der Waals surface area contributed by atoms with Crippen LogP contribution in [0.15, 0.2) is 65.1 Å². The largest absolute Gasteiger partial charge is 0.463 e. The first-order valence-electron chi connectivity index (χ1n) is 10.2. The van der Waals surface area contributed by atoms with E-state index in [2.05, 4.69) is 54.3 Å². The summed E-state index contributed by atoms with van der Waals surface area (Å²) in [6, 6.07) is 20.6. The summed E-state index contributed by atoms with van der Waals surface area (Å²) in [6.07, 6.45) is 0.848. The van der Waals surface area contributed by atoms with E-state index in [-0.39, 0.29) is 5.91 Å². The zero-order valence-electron chi connectivity index (χ0n) is 17.4. The summed E-state index contributed by atoms with van der Waals surface area (Å²) in [7, 11) is 4.05. The molecule has 1 aliphatic rings. The maximum Gasteiger partial charge on any atom is 0.254 e. The minimum atomic E-state index is 0.0696. The number of nitrogens with zero attached hydrogens (tertiary/aromatic N) is 2. The van der Waals surface area contributed by atoms with Crippen molar-refractivity contribution in [3.8, 4) is 0 Å². The molecule has 4 rings (SSSR count). The van der Waals surface area contributed by atoms with Gasteiger partial charge in [-0.05, 0) is 55.4 Å². The van der Waals surface area contributed by atoms with Gasteiger partial charge in [-0.3, -0.25) is 4.79 Å². The molecule has 3 aromatic rings. The molecule has 150 valence electrons. The molecule has 1 unspecified atom stereocenters. The van der Waals surface area contributed by atoms with Gasteiger partial charge in [0.1, 0.15) is 11.5 Å². The van der Waals surface area contributed by atoms with E-state index in [1.54, 1.807) is 0 Å². The van der Waals surface area contributed by atoms with Gasteiger partial charge in [0.25, 0.3) is 5.91 Å². The SMILES string of the molecule is CC(c1ccccc1)c1ccc(C(=O)N2CCc3cc(CN(C)C)oc3C2)cc1. The highest BCUT2D eigenvalue weighted by molar-refractivity contribution is 5.94. The van der Waals surface area contributed by atoms with E-state index in [0.29, 0.717) is 12.5 Å². The Bertz CT molecular complexity index is 974. The fraction of sp³-hybridized carbons (Fsp3) is 0.320. The first-order chi connectivity index (χ1) is 14.0. The first-order valence-corrected chi connectivity index (χ1v) is 10.2. The fourth-order valence-corrected chi connectivity index (χ4v) is 3.98. The number of rotatable bonds is 5. The van der Waals surface area contributed by atoms with Crippen LogP contribution in [0, 0.1) is 0 Å². The van der Waals surface area contributed by atoms with Crippen LogP contribution < -0.4 is 0 Å². The Morgan fingerprint density at radius 1 is 1.07 bits per heavy atom. The van der Waals surface area contributed by atoms with Crippen molar-refractivity contribution in [3.05, 3.63) is 94.4 Å². The molecule has 1 aliphatic heterocycles. The highest BCUT2D eigenvalue weighted by Crippen LogP contribution is 2.27. The first kappa shape index (κ1) is 19.5. The van der Waals surface area contributed by atoms with Crippen LogP contribution in [0.25, 0.3) is 0 Å². The molecule has 2 aromatic carbocycles. The number of benzene rings is 2. The lowest BCUT2D eigenvalue weighted by atomic mass is 9.92. The monoisotopic (exact) mass is 388 g/mol. The van der Waals surface area contributed by atoms with Gasteiger partial charge in [0.05, 0.1) is 13.1 Å². The molecule has 0 aliphatic carbocycles. The van der Waals surface area contributed by atoms with Crippen LogP contribution in [0.3, 0.4) is 0 Å². The number of fused-ring (bicyclic) bond motifs is 1. The molecule has 2 heterocycles. The van der Waals surface area contributed by atoms with Gasteiger partial charge >= 0.3 is 0 Å². The molecule has 0 fully saturated rings. The molecule has 0 bridgehead atoms. The van der Waals surface area contributed by atoms with Crippen molar-refractivity contribution in [2.24, 2.45) is 0 Å². The molecule has 0 N–H and O–H groups in total. The summed E-state index contributed by atoms with van der Waals surface area (Å²) in [5.41, 5.74) is 4.46. The van der Waals surface area contributed by atoms with E-state index in [0.717, 1.165) is 36.6 Å². The van der Waals surface area contributed by atoms with Crippen molar-refractivity contribution in [1.29, 1.82) is 0 Å². The minimum Gasteiger partial charge on any atom is -0.463 e. The number of hydrogen-bond acceptors (Lipinski definition) is 3. The van der Waals surface area contributed by atoms with Gasteiger partial charge in [-0.2, -0.15) is 0 Å². The van der Waals surface area contributed by atoms with Crippen LogP contribution in [0.4, 0.5) is 0 Å². The summed E-state index contributed by atoms with van der Waals surface area (Å²) < 4.78 is 6.00. The highest BCUT2D eigenvalue weighted by Gasteiger charge is 2.25. The molecule has 0 saturated carbocycles. The van der Waals surface area contributed by atoms with E-state index in [9.17, 15) is 4.79 Å². The lowest BCUT2D eigenvalue weighted by Crippen LogP contribution is -2.35. The third-order valence-corrected chi connectivity index (χ3v) is 5.65. The van der Waals surface area contributed by atoms with Gasteiger partial charge < -0.3 is 14.2 Å². The topological polar surface area (TPSA) is 36.7 Å². The van der Waals surface area contributed by atoms with E-state index in [1.165, 1.54) is 16.7 Å². The van der Waals surface area contributed by atoms with Crippen molar-refractivity contribution >= 4 is 5.91 Å². The summed E-state index contributed by atoms with van der Waals surface area (Å²) in [4.78, 5) is 17.0. The standard InChI is InChI=1S/C25H28N2O2/c1-18(19-7-5-4-6-8-19)20-9-11-21(12-10-20)25(28)27-14-13-22-15-23(16-26(2)3)29-24(22)17-27/h4-12,15,18H,13-14,16-17H2,1-3H3. The second-order valence-corrected chi connectivity index (χ2v) is 8.13. The molecule has 0 radical (unpaired) electrons. The number of hydrogen-bond donors (Lipinski definition) is 0. The molecular weight excluding hydrogens is 360 g/mol. The number of carbonyl (C=O) groups excluding carboxylic acids is 1. The fourth-order valence-electron chi connectivity index (χ4n) is 3.98. The Morgan fingerprint density at radius 2 is 1.76 bits per heavy atom. The zero-order valence-corrected chi connectivity index (χ0v) is 17.4. The number of amides is 1. The van der Waals surface area contributed by atoms with Gasteiger partial charge in [0.2, 0.25) is 0 Å². The average Bonchev–Trinajstić information content (AvgIpc) is 3.14. The van der Waals surface area contributed by atoms with E-state index in [4.69, 9.17) is 4.42 Å². The molecule has 4 nitrogen and oxygen atoms in total. The predicted molar refractivity (Wildman–Crippen MR) is 115 cm³/mol. The Hall–Kier alpha value is -2.85. The van der Waals surface area contributed by atoms with Crippen molar-refractivity contribution in [2.75, 3.05) is 20.6 Å². The van der Waals surface area contributed by atoms with Gasteiger partial charge in [-0.1, -0.05) is 49.4 Å². The Balaban J connectivity index is 1.45. The molecule has 29 heavy (non-hydrogen) atoms.